The van der Waals surface area contributed by atoms with Crippen molar-refractivity contribution in [1.82, 2.24) is 19.9 Å². The quantitative estimate of drug-likeness (QED) is 0.508. The number of H-pyrrole nitrogens is 1. The van der Waals surface area contributed by atoms with Gasteiger partial charge in [0, 0.05) is 34.6 Å². The van der Waals surface area contributed by atoms with Crippen LogP contribution >= 0.6 is 11.6 Å². The fourth-order valence-corrected chi connectivity index (χ4v) is 2.78. The second-order valence-corrected chi connectivity index (χ2v) is 6.52. The highest BCUT2D eigenvalue weighted by molar-refractivity contribution is 6.30. The molecule has 0 atom stereocenters. The van der Waals surface area contributed by atoms with Crippen LogP contribution in [0.5, 0.6) is 0 Å². The highest BCUT2D eigenvalue weighted by Crippen LogP contribution is 2.13. The zero-order valence-electron chi connectivity index (χ0n) is 14.5. The van der Waals surface area contributed by atoms with E-state index in [0.717, 1.165) is 10.9 Å². The molecule has 8 heteroatoms. The van der Waals surface area contributed by atoms with Gasteiger partial charge in [-0.3, -0.25) is 9.59 Å². The smallest absolute Gasteiger partial charge is 0.231 e. The number of benzene rings is 1. The van der Waals surface area contributed by atoms with Gasteiger partial charge in [0.1, 0.15) is 11.5 Å². The average Bonchev–Trinajstić information content (AvgIpc) is 3.17. The third-order valence-electron chi connectivity index (χ3n) is 4.07. The van der Waals surface area contributed by atoms with E-state index in [1.54, 1.807) is 48.8 Å². The predicted octanol–water partition coefficient (Wildman–Crippen LogP) is 3.42. The summed E-state index contributed by atoms with van der Waals surface area (Å²) in [6.45, 7) is 0. The molecule has 0 aliphatic rings. The minimum Gasteiger partial charge on any atom is -0.346 e. The minimum absolute atomic E-state index is 0.0799. The predicted molar refractivity (Wildman–Crippen MR) is 105 cm³/mol. The van der Waals surface area contributed by atoms with E-state index in [0.29, 0.717) is 22.1 Å². The van der Waals surface area contributed by atoms with E-state index >= 15 is 0 Å². The maximum absolute atomic E-state index is 12.5. The standard InChI is InChI=1S/C20H14ClN5O2/c21-15-4-1-12(2-5-15)9-17(27)25-16-6-3-13(10-23-16)18(28)20-24-11-14-7-8-22-19(14)26-20/h1-8,10-11H,9H2,(H,22,24,26)(H,23,25,27). The molecular formula is C20H14ClN5O2. The normalized spacial score (nSPS) is 10.8. The molecule has 138 valence electrons. The number of nitrogens with zero attached hydrogens (tertiary/aromatic N) is 3. The molecular weight excluding hydrogens is 378 g/mol. The van der Waals surface area contributed by atoms with Gasteiger partial charge in [-0.2, -0.15) is 0 Å². The Morgan fingerprint density at radius 3 is 2.57 bits per heavy atom. The van der Waals surface area contributed by atoms with Crippen LogP contribution < -0.4 is 5.32 Å². The number of ketones is 1. The van der Waals surface area contributed by atoms with Crippen molar-refractivity contribution in [3.05, 3.63) is 83.0 Å². The second-order valence-electron chi connectivity index (χ2n) is 6.09. The third kappa shape index (κ3) is 3.89. The largest absolute Gasteiger partial charge is 0.346 e. The first-order valence-electron chi connectivity index (χ1n) is 8.44. The molecule has 3 heterocycles. The maximum atomic E-state index is 12.5. The van der Waals surface area contributed by atoms with Gasteiger partial charge in [-0.25, -0.2) is 15.0 Å². The van der Waals surface area contributed by atoms with Crippen molar-refractivity contribution in [3.63, 3.8) is 0 Å². The molecule has 4 aromatic rings. The van der Waals surface area contributed by atoms with Crippen molar-refractivity contribution in [2.45, 2.75) is 6.42 Å². The molecule has 28 heavy (non-hydrogen) atoms. The lowest BCUT2D eigenvalue weighted by Crippen LogP contribution is -2.15. The van der Waals surface area contributed by atoms with Gasteiger partial charge in [0.25, 0.3) is 0 Å². The Balaban J connectivity index is 1.43. The first kappa shape index (κ1) is 17.8. The highest BCUT2D eigenvalue weighted by Gasteiger charge is 2.14. The lowest BCUT2D eigenvalue weighted by Gasteiger charge is -2.06. The molecule has 0 aliphatic heterocycles. The van der Waals surface area contributed by atoms with Crippen LogP contribution in [0.15, 0.2) is 61.1 Å². The fourth-order valence-electron chi connectivity index (χ4n) is 2.65. The molecule has 0 saturated carbocycles. The van der Waals surface area contributed by atoms with E-state index in [-0.39, 0.29) is 23.9 Å². The summed E-state index contributed by atoms with van der Waals surface area (Å²) < 4.78 is 0. The third-order valence-corrected chi connectivity index (χ3v) is 4.33. The first-order valence-corrected chi connectivity index (χ1v) is 8.81. The van der Waals surface area contributed by atoms with Crippen LogP contribution in [0.2, 0.25) is 5.02 Å². The van der Waals surface area contributed by atoms with Gasteiger partial charge >= 0.3 is 0 Å². The molecule has 7 nitrogen and oxygen atoms in total. The topological polar surface area (TPSA) is 101 Å². The number of aromatic nitrogens is 4. The Bertz CT molecular complexity index is 1150. The Hall–Kier alpha value is -3.58. The van der Waals surface area contributed by atoms with Gasteiger partial charge in [0.15, 0.2) is 0 Å². The van der Waals surface area contributed by atoms with Crippen molar-refractivity contribution in [2.75, 3.05) is 5.32 Å². The molecule has 0 fully saturated rings. The van der Waals surface area contributed by atoms with Crippen LogP contribution in [0.4, 0.5) is 5.82 Å². The number of carbonyl (C=O) groups excluding carboxylic acids is 2. The monoisotopic (exact) mass is 391 g/mol. The molecule has 0 saturated heterocycles. The summed E-state index contributed by atoms with van der Waals surface area (Å²) in [4.78, 5) is 40.1. The van der Waals surface area contributed by atoms with Crippen molar-refractivity contribution in [1.29, 1.82) is 0 Å². The summed E-state index contributed by atoms with van der Waals surface area (Å²) in [5, 5.41) is 4.14. The number of nitrogens with one attached hydrogen (secondary N) is 2. The first-order chi connectivity index (χ1) is 13.6. The van der Waals surface area contributed by atoms with Crippen LogP contribution in [0.25, 0.3) is 11.0 Å². The number of halogens is 1. The van der Waals surface area contributed by atoms with Gasteiger partial charge in [-0.1, -0.05) is 23.7 Å². The summed E-state index contributed by atoms with van der Waals surface area (Å²) in [6, 6.07) is 12.0. The summed E-state index contributed by atoms with van der Waals surface area (Å²) in [7, 11) is 0. The Morgan fingerprint density at radius 1 is 1.00 bits per heavy atom. The number of amides is 1. The summed E-state index contributed by atoms with van der Waals surface area (Å²) >= 11 is 5.84. The Morgan fingerprint density at radius 2 is 1.82 bits per heavy atom. The van der Waals surface area contributed by atoms with Crippen LogP contribution in [0, 0.1) is 0 Å². The Labute approximate surface area is 164 Å². The second kappa shape index (κ2) is 7.58. The lowest BCUT2D eigenvalue weighted by atomic mass is 10.1. The SMILES string of the molecule is O=C(Cc1ccc(Cl)cc1)Nc1ccc(C(=O)c2ncc3cc[nH]c3n2)cn1. The van der Waals surface area contributed by atoms with E-state index in [1.807, 2.05) is 6.07 Å². The van der Waals surface area contributed by atoms with Crippen LogP contribution in [-0.2, 0) is 11.2 Å². The number of anilines is 1. The molecule has 2 N–H and O–H groups in total. The van der Waals surface area contributed by atoms with Crippen LogP contribution in [0.1, 0.15) is 21.7 Å². The van der Waals surface area contributed by atoms with E-state index in [4.69, 9.17) is 11.6 Å². The molecule has 0 unspecified atom stereocenters. The molecule has 0 bridgehead atoms. The fraction of sp³-hybridized carbons (Fsp3) is 0.0500. The number of hydrogen-bond acceptors (Lipinski definition) is 5. The molecule has 3 aromatic heterocycles. The van der Waals surface area contributed by atoms with Gasteiger partial charge in [0.05, 0.1) is 6.42 Å². The number of carbonyl (C=O) groups is 2. The van der Waals surface area contributed by atoms with Gasteiger partial charge in [-0.15, -0.1) is 0 Å². The average molecular weight is 392 g/mol. The van der Waals surface area contributed by atoms with Crippen LogP contribution in [-0.4, -0.2) is 31.6 Å². The Kier molecular flexibility index (Phi) is 4.82. The lowest BCUT2D eigenvalue weighted by molar-refractivity contribution is -0.115. The van der Waals surface area contributed by atoms with E-state index in [1.165, 1.54) is 6.20 Å². The minimum atomic E-state index is -0.344. The molecule has 0 aliphatic carbocycles. The van der Waals surface area contributed by atoms with E-state index in [2.05, 4.69) is 25.3 Å². The number of rotatable bonds is 5. The van der Waals surface area contributed by atoms with E-state index < -0.39 is 0 Å². The van der Waals surface area contributed by atoms with Gasteiger partial charge < -0.3 is 10.3 Å². The maximum Gasteiger partial charge on any atom is 0.231 e. The van der Waals surface area contributed by atoms with Crippen molar-refractivity contribution < 1.29 is 9.59 Å². The zero-order chi connectivity index (χ0) is 19.5. The summed E-state index contributed by atoms with van der Waals surface area (Å²) in [6.07, 6.45) is 4.91. The number of fused-ring (bicyclic) bond motifs is 1. The molecule has 4 rings (SSSR count). The molecule has 0 spiro atoms. The highest BCUT2D eigenvalue weighted by atomic mass is 35.5. The summed E-state index contributed by atoms with van der Waals surface area (Å²) in [5.74, 6) is -0.120. The molecule has 0 radical (unpaired) electrons. The number of pyridine rings is 1. The van der Waals surface area contributed by atoms with E-state index in [9.17, 15) is 9.59 Å². The van der Waals surface area contributed by atoms with Crippen molar-refractivity contribution >= 4 is 40.1 Å². The number of aromatic amines is 1. The van der Waals surface area contributed by atoms with Gasteiger partial charge in [-0.05, 0) is 35.9 Å². The molecule has 1 aromatic carbocycles. The van der Waals surface area contributed by atoms with Gasteiger partial charge in [0.2, 0.25) is 17.5 Å². The van der Waals surface area contributed by atoms with Crippen LogP contribution in [0.3, 0.4) is 0 Å². The van der Waals surface area contributed by atoms with Crippen molar-refractivity contribution in [2.24, 2.45) is 0 Å². The molecule has 1 amide bonds. The number of hydrogen-bond donors (Lipinski definition) is 2. The summed E-state index contributed by atoms with van der Waals surface area (Å²) in [5.41, 5.74) is 1.77. The van der Waals surface area contributed by atoms with Crippen molar-refractivity contribution in [3.8, 4) is 0 Å². The zero-order valence-corrected chi connectivity index (χ0v) is 15.3.